The van der Waals surface area contributed by atoms with Gasteiger partial charge in [0.25, 0.3) is 0 Å². The fraction of sp³-hybridized carbons (Fsp3) is 0.235. The van der Waals surface area contributed by atoms with Gasteiger partial charge in [-0.25, -0.2) is 0 Å². The number of alkyl halides is 1. The molecule has 0 aliphatic carbocycles. The van der Waals surface area contributed by atoms with Crippen molar-refractivity contribution in [2.75, 3.05) is 5.88 Å². The first-order valence-corrected chi connectivity index (χ1v) is 7.00. The van der Waals surface area contributed by atoms with E-state index >= 15 is 0 Å². The number of aryl methyl sites for hydroxylation is 1. The van der Waals surface area contributed by atoms with Crippen LogP contribution in [-0.2, 0) is 6.61 Å². The summed E-state index contributed by atoms with van der Waals surface area (Å²) in [5.41, 5.74) is 3.23. The molecule has 0 unspecified atom stereocenters. The van der Waals surface area contributed by atoms with E-state index in [1.54, 1.807) is 12.4 Å². The molecular formula is C17H16ClNO. The Morgan fingerprint density at radius 3 is 2.70 bits per heavy atom. The minimum Gasteiger partial charge on any atom is -0.489 e. The van der Waals surface area contributed by atoms with Crippen LogP contribution in [0.3, 0.4) is 0 Å². The van der Waals surface area contributed by atoms with Crippen molar-refractivity contribution in [3.8, 4) is 17.6 Å². The first kappa shape index (κ1) is 14.4. The summed E-state index contributed by atoms with van der Waals surface area (Å²) in [4.78, 5) is 3.98. The number of hydrogen-bond donors (Lipinski definition) is 0. The van der Waals surface area contributed by atoms with Gasteiger partial charge >= 0.3 is 0 Å². The van der Waals surface area contributed by atoms with Gasteiger partial charge < -0.3 is 4.74 Å². The predicted molar refractivity (Wildman–Crippen MR) is 82.0 cm³/mol. The third-order valence-electron chi connectivity index (χ3n) is 2.80. The summed E-state index contributed by atoms with van der Waals surface area (Å²) in [6.45, 7) is 2.57. The van der Waals surface area contributed by atoms with E-state index in [1.165, 1.54) is 0 Å². The van der Waals surface area contributed by atoms with Gasteiger partial charge in [0.05, 0.1) is 0 Å². The van der Waals surface area contributed by atoms with Crippen molar-refractivity contribution < 1.29 is 4.74 Å². The standard InChI is InChI=1S/C17H16ClNO/c1-14-12-17(6-5-16(14)4-2-3-9-18)20-13-15-7-10-19-11-8-15/h5-8,10-12H,3,9,13H2,1H3. The Morgan fingerprint density at radius 1 is 1.20 bits per heavy atom. The molecule has 0 aliphatic heterocycles. The van der Waals surface area contributed by atoms with Gasteiger partial charge in [-0.1, -0.05) is 11.8 Å². The maximum atomic E-state index is 5.76. The van der Waals surface area contributed by atoms with Crippen LogP contribution in [-0.4, -0.2) is 10.9 Å². The summed E-state index contributed by atoms with van der Waals surface area (Å²) < 4.78 is 5.76. The predicted octanol–water partition coefficient (Wildman–Crippen LogP) is 3.95. The fourth-order valence-electron chi connectivity index (χ4n) is 1.72. The minimum absolute atomic E-state index is 0.541. The third-order valence-corrected chi connectivity index (χ3v) is 2.98. The lowest BCUT2D eigenvalue weighted by atomic mass is 10.1. The van der Waals surface area contributed by atoms with E-state index in [1.807, 2.05) is 37.3 Å². The Hall–Kier alpha value is -1.98. The molecule has 0 amide bonds. The van der Waals surface area contributed by atoms with E-state index in [0.29, 0.717) is 18.9 Å². The van der Waals surface area contributed by atoms with Gasteiger partial charge in [0, 0.05) is 30.3 Å². The van der Waals surface area contributed by atoms with E-state index in [0.717, 1.165) is 22.4 Å². The molecule has 0 spiro atoms. The van der Waals surface area contributed by atoms with Gasteiger partial charge in [0.2, 0.25) is 0 Å². The highest BCUT2D eigenvalue weighted by Gasteiger charge is 1.99. The molecule has 0 atom stereocenters. The molecule has 1 heterocycles. The normalized spacial score (nSPS) is 9.70. The molecule has 0 bridgehead atoms. The van der Waals surface area contributed by atoms with Crippen LogP contribution in [0.15, 0.2) is 42.7 Å². The smallest absolute Gasteiger partial charge is 0.120 e. The number of rotatable bonds is 4. The second-order valence-electron chi connectivity index (χ2n) is 4.36. The zero-order valence-electron chi connectivity index (χ0n) is 11.4. The lowest BCUT2D eigenvalue weighted by Gasteiger charge is -2.07. The maximum Gasteiger partial charge on any atom is 0.120 e. The van der Waals surface area contributed by atoms with Crippen LogP contribution in [0.4, 0.5) is 0 Å². The van der Waals surface area contributed by atoms with E-state index < -0.39 is 0 Å². The summed E-state index contributed by atoms with van der Waals surface area (Å²) in [6.07, 6.45) is 4.24. The second-order valence-corrected chi connectivity index (χ2v) is 4.74. The van der Waals surface area contributed by atoms with Gasteiger partial charge in [-0.05, 0) is 48.4 Å². The number of ether oxygens (including phenoxy) is 1. The molecule has 3 heteroatoms. The molecule has 20 heavy (non-hydrogen) atoms. The van der Waals surface area contributed by atoms with Gasteiger partial charge in [-0.15, -0.1) is 11.6 Å². The lowest BCUT2D eigenvalue weighted by Crippen LogP contribution is -1.96. The van der Waals surface area contributed by atoms with Gasteiger partial charge in [-0.2, -0.15) is 0 Å². The van der Waals surface area contributed by atoms with Crippen molar-refractivity contribution in [3.63, 3.8) is 0 Å². The molecule has 2 rings (SSSR count). The van der Waals surface area contributed by atoms with Crippen molar-refractivity contribution in [2.24, 2.45) is 0 Å². The van der Waals surface area contributed by atoms with Crippen molar-refractivity contribution in [3.05, 3.63) is 59.4 Å². The Bertz CT molecular complexity index is 614. The summed E-state index contributed by atoms with van der Waals surface area (Å²) in [5.74, 6) is 7.57. The Labute approximate surface area is 124 Å². The highest BCUT2D eigenvalue weighted by molar-refractivity contribution is 6.18. The quantitative estimate of drug-likeness (QED) is 0.627. The van der Waals surface area contributed by atoms with Gasteiger partial charge in [0.15, 0.2) is 0 Å². The third kappa shape index (κ3) is 4.29. The molecule has 1 aromatic carbocycles. The summed E-state index contributed by atoms with van der Waals surface area (Å²) in [5, 5.41) is 0. The van der Waals surface area contributed by atoms with E-state index in [-0.39, 0.29) is 0 Å². The Morgan fingerprint density at radius 2 is 2.00 bits per heavy atom. The monoisotopic (exact) mass is 285 g/mol. The molecule has 0 aliphatic rings. The molecule has 0 N–H and O–H groups in total. The first-order valence-electron chi connectivity index (χ1n) is 6.47. The van der Waals surface area contributed by atoms with Crippen LogP contribution < -0.4 is 4.74 Å². The van der Waals surface area contributed by atoms with E-state index in [2.05, 4.69) is 16.8 Å². The van der Waals surface area contributed by atoms with Crippen LogP contribution in [0.2, 0.25) is 0 Å². The minimum atomic E-state index is 0.541. The molecule has 0 saturated heterocycles. The molecule has 2 aromatic rings. The van der Waals surface area contributed by atoms with Crippen molar-refractivity contribution in [2.45, 2.75) is 20.0 Å². The molecule has 0 saturated carbocycles. The zero-order chi connectivity index (χ0) is 14.2. The SMILES string of the molecule is Cc1cc(OCc2ccncc2)ccc1C#CCCCl. The lowest BCUT2D eigenvalue weighted by molar-refractivity contribution is 0.306. The highest BCUT2D eigenvalue weighted by Crippen LogP contribution is 2.18. The Balaban J connectivity index is 2.01. The molecule has 0 radical (unpaired) electrons. The number of benzene rings is 1. The average Bonchev–Trinajstić information content (AvgIpc) is 2.48. The van der Waals surface area contributed by atoms with Crippen LogP contribution >= 0.6 is 11.6 Å². The summed E-state index contributed by atoms with van der Waals surface area (Å²) >= 11 is 5.61. The topological polar surface area (TPSA) is 22.1 Å². The number of pyridine rings is 1. The first-order chi connectivity index (χ1) is 9.79. The summed E-state index contributed by atoms with van der Waals surface area (Å²) in [7, 11) is 0. The molecule has 2 nitrogen and oxygen atoms in total. The van der Waals surface area contributed by atoms with E-state index in [4.69, 9.17) is 16.3 Å². The van der Waals surface area contributed by atoms with Crippen molar-refractivity contribution in [1.82, 2.24) is 4.98 Å². The van der Waals surface area contributed by atoms with Crippen molar-refractivity contribution in [1.29, 1.82) is 0 Å². The number of hydrogen-bond acceptors (Lipinski definition) is 2. The van der Waals surface area contributed by atoms with Crippen LogP contribution in [0.1, 0.15) is 23.1 Å². The fourth-order valence-corrected chi connectivity index (χ4v) is 1.81. The van der Waals surface area contributed by atoms with Gasteiger partial charge in [0.1, 0.15) is 12.4 Å². The number of aromatic nitrogens is 1. The van der Waals surface area contributed by atoms with Gasteiger partial charge in [-0.3, -0.25) is 4.98 Å². The van der Waals surface area contributed by atoms with Crippen molar-refractivity contribution >= 4 is 11.6 Å². The van der Waals surface area contributed by atoms with Crippen LogP contribution in [0.25, 0.3) is 0 Å². The van der Waals surface area contributed by atoms with Crippen LogP contribution in [0.5, 0.6) is 5.75 Å². The molecule has 102 valence electrons. The number of halogens is 1. The van der Waals surface area contributed by atoms with E-state index in [9.17, 15) is 0 Å². The largest absolute Gasteiger partial charge is 0.489 e. The molecular weight excluding hydrogens is 270 g/mol. The summed E-state index contributed by atoms with van der Waals surface area (Å²) in [6, 6.07) is 9.82. The maximum absolute atomic E-state index is 5.76. The molecule has 0 fully saturated rings. The van der Waals surface area contributed by atoms with Crippen LogP contribution in [0, 0.1) is 18.8 Å². The second kappa shape index (κ2) is 7.57. The number of nitrogens with zero attached hydrogens (tertiary/aromatic N) is 1. The Kier molecular flexibility index (Phi) is 5.46. The molecule has 1 aromatic heterocycles. The average molecular weight is 286 g/mol. The highest BCUT2D eigenvalue weighted by atomic mass is 35.5. The zero-order valence-corrected chi connectivity index (χ0v) is 12.2.